The summed E-state index contributed by atoms with van der Waals surface area (Å²) in [6.45, 7) is 0.268. The molecule has 2 aromatic heterocycles. The van der Waals surface area contributed by atoms with Gasteiger partial charge in [-0.1, -0.05) is 41.4 Å². The van der Waals surface area contributed by atoms with Gasteiger partial charge in [0.1, 0.15) is 5.75 Å². The van der Waals surface area contributed by atoms with Crippen LogP contribution in [0.3, 0.4) is 0 Å². The van der Waals surface area contributed by atoms with Crippen LogP contribution in [-0.4, -0.2) is 27.1 Å². The Labute approximate surface area is 174 Å². The molecule has 9 heteroatoms. The highest BCUT2D eigenvalue weighted by molar-refractivity contribution is 7.15. The number of nitrogens with one attached hydrogen (secondary N) is 1. The summed E-state index contributed by atoms with van der Waals surface area (Å²) >= 11 is 13.7. The molecule has 0 unspecified atom stereocenters. The molecule has 0 aliphatic rings. The zero-order chi connectivity index (χ0) is 19.5. The number of ether oxygens (including phenoxy) is 1. The fourth-order valence-corrected chi connectivity index (χ4v) is 3.91. The molecule has 4 aromatic rings. The molecule has 28 heavy (non-hydrogen) atoms. The molecule has 1 N–H and O–H groups in total. The van der Waals surface area contributed by atoms with Crippen molar-refractivity contribution < 1.29 is 9.53 Å². The highest BCUT2D eigenvalue weighted by Crippen LogP contribution is 2.33. The number of anilines is 1. The molecule has 2 aromatic carbocycles. The van der Waals surface area contributed by atoms with Gasteiger partial charge in [0.05, 0.1) is 23.7 Å². The van der Waals surface area contributed by atoms with E-state index in [9.17, 15) is 4.79 Å². The lowest BCUT2D eigenvalue weighted by Gasteiger charge is -2.05. The van der Waals surface area contributed by atoms with E-state index in [1.807, 2.05) is 41.8 Å². The number of halogens is 2. The molecule has 0 bridgehead atoms. The molecule has 0 atom stereocenters. The van der Waals surface area contributed by atoms with E-state index in [0.29, 0.717) is 15.0 Å². The van der Waals surface area contributed by atoms with Gasteiger partial charge < -0.3 is 4.74 Å². The Bertz CT molecular complexity index is 1130. The van der Waals surface area contributed by atoms with Crippen molar-refractivity contribution >= 4 is 51.4 Å². The van der Waals surface area contributed by atoms with E-state index in [0.717, 1.165) is 17.0 Å². The predicted molar refractivity (Wildman–Crippen MR) is 112 cm³/mol. The first-order valence-electron chi connectivity index (χ1n) is 8.37. The molecular formula is C19H14Cl2N4O2S. The SMILES string of the molecule is O=C(CCOc1ccccc1)Nc1nc2scc(-c3ccc(Cl)cc3Cl)n2n1. The monoisotopic (exact) mass is 432 g/mol. The Kier molecular flexibility index (Phi) is 5.47. The first-order valence-corrected chi connectivity index (χ1v) is 10.0. The van der Waals surface area contributed by atoms with Crippen LogP contribution in [0.4, 0.5) is 5.95 Å². The van der Waals surface area contributed by atoms with Crippen LogP contribution in [0.5, 0.6) is 5.75 Å². The van der Waals surface area contributed by atoms with Crippen molar-refractivity contribution in [2.75, 3.05) is 11.9 Å². The highest BCUT2D eigenvalue weighted by Gasteiger charge is 2.15. The summed E-state index contributed by atoms with van der Waals surface area (Å²) in [4.78, 5) is 17.1. The quantitative estimate of drug-likeness (QED) is 0.456. The third-order valence-corrected chi connectivity index (χ3v) is 5.24. The molecule has 0 aliphatic heterocycles. The number of hydrogen-bond acceptors (Lipinski definition) is 5. The van der Waals surface area contributed by atoms with Gasteiger partial charge >= 0.3 is 0 Å². The summed E-state index contributed by atoms with van der Waals surface area (Å²) in [5, 5.41) is 10.1. The van der Waals surface area contributed by atoms with Crippen molar-refractivity contribution in [1.82, 2.24) is 14.6 Å². The van der Waals surface area contributed by atoms with Crippen LogP contribution in [0.25, 0.3) is 16.2 Å². The standard InChI is InChI=1S/C19H14Cl2N4O2S/c20-12-6-7-14(15(21)10-12)16-11-28-19-23-18(24-25(16)19)22-17(26)8-9-27-13-4-2-1-3-5-13/h1-7,10-11H,8-9H2,(H,22,24,26). The van der Waals surface area contributed by atoms with E-state index in [1.165, 1.54) is 11.3 Å². The maximum Gasteiger partial charge on any atom is 0.250 e. The molecule has 1 amide bonds. The summed E-state index contributed by atoms with van der Waals surface area (Å²) < 4.78 is 7.18. The Morgan fingerprint density at radius 1 is 1.18 bits per heavy atom. The van der Waals surface area contributed by atoms with Crippen LogP contribution in [0, 0.1) is 0 Å². The normalized spacial score (nSPS) is 10.9. The summed E-state index contributed by atoms with van der Waals surface area (Å²) in [7, 11) is 0. The van der Waals surface area contributed by atoms with Gasteiger partial charge in [-0.25, -0.2) is 4.52 Å². The van der Waals surface area contributed by atoms with E-state index in [1.54, 1.807) is 16.6 Å². The smallest absolute Gasteiger partial charge is 0.250 e. The summed E-state index contributed by atoms with van der Waals surface area (Å²) in [5.74, 6) is 0.739. The molecule has 2 heterocycles. The molecule has 4 rings (SSSR count). The van der Waals surface area contributed by atoms with Gasteiger partial charge in [0.15, 0.2) is 0 Å². The van der Waals surface area contributed by atoms with Crippen LogP contribution in [0.1, 0.15) is 6.42 Å². The molecule has 0 aliphatic carbocycles. The third kappa shape index (κ3) is 4.11. The lowest BCUT2D eigenvalue weighted by atomic mass is 10.2. The minimum absolute atomic E-state index is 0.192. The summed E-state index contributed by atoms with van der Waals surface area (Å²) in [6, 6.07) is 14.6. The van der Waals surface area contributed by atoms with Gasteiger partial charge in [0.25, 0.3) is 0 Å². The van der Waals surface area contributed by atoms with Crippen LogP contribution in [-0.2, 0) is 4.79 Å². The maximum absolute atomic E-state index is 12.1. The number of carbonyl (C=O) groups is 1. The minimum atomic E-state index is -0.222. The third-order valence-electron chi connectivity index (χ3n) is 3.88. The minimum Gasteiger partial charge on any atom is -0.493 e. The molecule has 0 spiro atoms. The van der Waals surface area contributed by atoms with Crippen molar-refractivity contribution in [1.29, 1.82) is 0 Å². The largest absolute Gasteiger partial charge is 0.493 e. The average Bonchev–Trinajstić information content (AvgIpc) is 3.23. The number of aromatic nitrogens is 3. The van der Waals surface area contributed by atoms with Gasteiger partial charge in [-0.15, -0.1) is 16.4 Å². The van der Waals surface area contributed by atoms with E-state index >= 15 is 0 Å². The zero-order valence-corrected chi connectivity index (χ0v) is 16.8. The average molecular weight is 433 g/mol. The second-order valence-electron chi connectivity index (χ2n) is 5.83. The van der Waals surface area contributed by atoms with E-state index in [4.69, 9.17) is 27.9 Å². The van der Waals surface area contributed by atoms with Gasteiger partial charge in [-0.05, 0) is 30.3 Å². The molecule has 0 fully saturated rings. The van der Waals surface area contributed by atoms with Crippen LogP contribution < -0.4 is 10.1 Å². The van der Waals surface area contributed by atoms with Crippen LogP contribution in [0.15, 0.2) is 53.9 Å². The molecule has 0 saturated heterocycles. The summed E-state index contributed by atoms with van der Waals surface area (Å²) in [6.07, 6.45) is 0.192. The van der Waals surface area contributed by atoms with Gasteiger partial charge in [0, 0.05) is 16.0 Å². The second kappa shape index (κ2) is 8.18. The Morgan fingerprint density at radius 3 is 2.79 bits per heavy atom. The fraction of sp³-hybridized carbons (Fsp3) is 0.105. The van der Waals surface area contributed by atoms with Crippen molar-refractivity contribution in [3.63, 3.8) is 0 Å². The Balaban J connectivity index is 1.43. The predicted octanol–water partition coefficient (Wildman–Crippen LogP) is 5.17. The topological polar surface area (TPSA) is 68.5 Å². The number of hydrogen-bond donors (Lipinski definition) is 1. The van der Waals surface area contributed by atoms with Gasteiger partial charge in [-0.3, -0.25) is 10.1 Å². The van der Waals surface area contributed by atoms with Gasteiger partial charge in [-0.2, -0.15) is 4.98 Å². The van der Waals surface area contributed by atoms with Gasteiger partial charge in [0.2, 0.25) is 16.8 Å². The van der Waals surface area contributed by atoms with Crippen molar-refractivity contribution in [2.24, 2.45) is 0 Å². The molecule has 0 radical (unpaired) electrons. The number of para-hydroxylation sites is 1. The Hall–Kier alpha value is -2.61. The van der Waals surface area contributed by atoms with Crippen molar-refractivity contribution in [3.05, 3.63) is 64.0 Å². The number of carbonyl (C=O) groups excluding carboxylic acids is 1. The van der Waals surface area contributed by atoms with Crippen molar-refractivity contribution in [2.45, 2.75) is 6.42 Å². The molecule has 0 saturated carbocycles. The number of thiazole rings is 1. The van der Waals surface area contributed by atoms with E-state index < -0.39 is 0 Å². The molecule has 142 valence electrons. The Morgan fingerprint density at radius 2 is 2.00 bits per heavy atom. The number of benzene rings is 2. The van der Waals surface area contributed by atoms with Crippen molar-refractivity contribution in [3.8, 4) is 17.0 Å². The zero-order valence-electron chi connectivity index (χ0n) is 14.4. The maximum atomic E-state index is 12.1. The number of amides is 1. The molecular weight excluding hydrogens is 419 g/mol. The van der Waals surface area contributed by atoms with Crippen LogP contribution >= 0.6 is 34.5 Å². The fourth-order valence-electron chi connectivity index (χ4n) is 2.58. The first-order chi connectivity index (χ1) is 13.6. The summed E-state index contributed by atoms with van der Waals surface area (Å²) in [5.41, 5.74) is 1.57. The number of nitrogens with zero attached hydrogens (tertiary/aromatic N) is 3. The highest BCUT2D eigenvalue weighted by atomic mass is 35.5. The number of fused-ring (bicyclic) bond motifs is 1. The lowest BCUT2D eigenvalue weighted by molar-refractivity contribution is -0.116. The number of rotatable bonds is 6. The second-order valence-corrected chi connectivity index (χ2v) is 7.51. The lowest BCUT2D eigenvalue weighted by Crippen LogP contribution is -2.16. The van der Waals surface area contributed by atoms with Crippen LogP contribution in [0.2, 0.25) is 10.0 Å². The first kappa shape index (κ1) is 18.7. The van der Waals surface area contributed by atoms with E-state index in [-0.39, 0.29) is 24.9 Å². The molecule has 6 nitrogen and oxygen atoms in total. The van der Waals surface area contributed by atoms with E-state index in [2.05, 4.69) is 15.4 Å².